The first kappa shape index (κ1) is 30.8. The van der Waals surface area contributed by atoms with Crippen LogP contribution in [0.4, 0.5) is 19.4 Å². The van der Waals surface area contributed by atoms with Crippen molar-refractivity contribution < 1.29 is 28.2 Å². The highest BCUT2D eigenvalue weighted by molar-refractivity contribution is 6.03. The average molecular weight is 677 g/mol. The van der Waals surface area contributed by atoms with Gasteiger partial charge in [-0.15, -0.1) is 6.42 Å². The predicted molar refractivity (Wildman–Crippen MR) is 183 cm³/mol. The van der Waals surface area contributed by atoms with Crippen LogP contribution in [0.5, 0.6) is 11.9 Å². The van der Waals surface area contributed by atoms with Gasteiger partial charge in [0.15, 0.2) is 5.82 Å². The van der Waals surface area contributed by atoms with Gasteiger partial charge >= 0.3 is 12.1 Å². The van der Waals surface area contributed by atoms with E-state index in [4.69, 9.17) is 25.9 Å². The van der Waals surface area contributed by atoms with Crippen molar-refractivity contribution in [3.8, 4) is 35.5 Å². The molecule has 10 nitrogen and oxygen atoms in total. The highest BCUT2D eigenvalue weighted by atomic mass is 19.1. The summed E-state index contributed by atoms with van der Waals surface area (Å²) in [4.78, 5) is 32.7. The molecule has 5 aliphatic rings. The van der Waals surface area contributed by atoms with E-state index in [1.54, 1.807) is 18.2 Å². The van der Waals surface area contributed by atoms with E-state index in [0.29, 0.717) is 41.5 Å². The van der Waals surface area contributed by atoms with Crippen LogP contribution in [0.3, 0.4) is 0 Å². The van der Waals surface area contributed by atoms with Crippen LogP contribution >= 0.6 is 0 Å². The van der Waals surface area contributed by atoms with Gasteiger partial charge in [-0.1, -0.05) is 48.4 Å². The Morgan fingerprint density at radius 2 is 1.92 bits per heavy atom. The lowest BCUT2D eigenvalue weighted by atomic mass is 9.92. The summed E-state index contributed by atoms with van der Waals surface area (Å²) < 4.78 is 44.7. The lowest BCUT2D eigenvalue weighted by molar-refractivity contribution is 0.0706. The van der Waals surface area contributed by atoms with Crippen LogP contribution in [0, 0.1) is 24.0 Å². The molecule has 2 aromatic heterocycles. The molecule has 0 aliphatic carbocycles. The SMILES string of the molecule is C#Cc1cc(F)cc2cccc(-c3nc4c5c(nc(OCC67CC(=C)CN6CC(=C)C7)nc5c3F)N3CC5CCC(C3C(C)O4)N5C(=O)O)c12. The summed E-state index contributed by atoms with van der Waals surface area (Å²) in [7, 11) is 0. The van der Waals surface area contributed by atoms with Gasteiger partial charge in [0, 0.05) is 36.1 Å². The first-order chi connectivity index (χ1) is 24.0. The fourth-order valence-electron chi connectivity index (χ4n) is 9.31. The zero-order valence-corrected chi connectivity index (χ0v) is 27.5. The molecular weight excluding hydrogens is 642 g/mol. The van der Waals surface area contributed by atoms with E-state index in [-0.39, 0.29) is 58.3 Å². The maximum Gasteiger partial charge on any atom is 0.407 e. The van der Waals surface area contributed by atoms with Crippen LogP contribution in [0.15, 0.2) is 54.6 Å². The van der Waals surface area contributed by atoms with Gasteiger partial charge in [-0.3, -0.25) is 9.80 Å². The van der Waals surface area contributed by atoms with Crippen LogP contribution < -0.4 is 14.4 Å². The number of pyridine rings is 1. The number of fused-ring (bicyclic) bond motifs is 7. The number of hydrogen-bond donors (Lipinski definition) is 1. The molecular formula is C38H34F2N6O4. The number of carbonyl (C=O) groups is 1. The van der Waals surface area contributed by atoms with Gasteiger partial charge in [0.1, 0.15) is 40.9 Å². The van der Waals surface area contributed by atoms with Crippen LogP contribution in [-0.4, -0.2) is 92.0 Å². The molecule has 2 bridgehead atoms. The quantitative estimate of drug-likeness (QED) is 0.208. The Kier molecular flexibility index (Phi) is 6.68. The highest BCUT2D eigenvalue weighted by Crippen LogP contribution is 2.48. The standard InChI is InChI=1S/C38H34F2N6O4/c1-5-22-11-24(39)12-23-7-6-8-26(28(22)23)31-30(40)32-29-34(43-36(42-32)49-18-38-13-19(2)15-44(38)16-20(3)14-38)45-17-25-9-10-27(46(25)37(47)48)33(45)21(4)50-35(29)41-31/h1,6-8,11-12,21,25,27,33H,2-3,9-10,13-18H2,4H3,(H,47,48). The van der Waals surface area contributed by atoms with E-state index in [2.05, 4.69) is 29.0 Å². The first-order valence-electron chi connectivity index (χ1n) is 16.8. The van der Waals surface area contributed by atoms with Gasteiger partial charge in [-0.05, 0) is 50.1 Å². The monoisotopic (exact) mass is 676 g/mol. The number of halogens is 2. The molecule has 0 spiro atoms. The number of anilines is 1. The summed E-state index contributed by atoms with van der Waals surface area (Å²) in [5.41, 5.74) is 2.37. The van der Waals surface area contributed by atoms with E-state index in [9.17, 15) is 14.3 Å². The van der Waals surface area contributed by atoms with E-state index >= 15 is 4.39 Å². The third kappa shape index (κ3) is 4.42. The van der Waals surface area contributed by atoms with Crippen molar-refractivity contribution in [1.29, 1.82) is 0 Å². The number of amides is 1. The summed E-state index contributed by atoms with van der Waals surface area (Å²) in [6.07, 6.45) is 7.11. The molecule has 5 aliphatic heterocycles. The normalized spacial score (nSPS) is 25.0. The number of terminal acetylenes is 1. The van der Waals surface area contributed by atoms with Crippen molar-refractivity contribution in [2.24, 2.45) is 0 Å². The molecule has 9 rings (SSSR count). The highest BCUT2D eigenvalue weighted by Gasteiger charge is 2.53. The van der Waals surface area contributed by atoms with Crippen LogP contribution in [0.25, 0.3) is 32.9 Å². The number of nitrogens with zero attached hydrogens (tertiary/aromatic N) is 6. The minimum Gasteiger partial charge on any atom is -0.472 e. The molecule has 7 heterocycles. The van der Waals surface area contributed by atoms with Gasteiger partial charge < -0.3 is 19.5 Å². The number of carboxylic acid groups (broad SMARTS) is 1. The van der Waals surface area contributed by atoms with Gasteiger partial charge in [-0.2, -0.15) is 9.97 Å². The molecule has 12 heteroatoms. The smallest absolute Gasteiger partial charge is 0.407 e. The summed E-state index contributed by atoms with van der Waals surface area (Å²) in [6, 6.07) is 6.58. The Morgan fingerprint density at radius 3 is 2.66 bits per heavy atom. The molecule has 1 N–H and O–H groups in total. The maximum atomic E-state index is 17.2. The first-order valence-corrected chi connectivity index (χ1v) is 16.8. The molecule has 4 fully saturated rings. The third-order valence-electron chi connectivity index (χ3n) is 11.2. The summed E-state index contributed by atoms with van der Waals surface area (Å²) in [5, 5.41) is 11.4. The lowest BCUT2D eigenvalue weighted by Crippen LogP contribution is -2.64. The van der Waals surface area contributed by atoms with Crippen LogP contribution in [-0.2, 0) is 0 Å². The number of hydrogen-bond acceptors (Lipinski definition) is 8. The van der Waals surface area contributed by atoms with Crippen molar-refractivity contribution in [1.82, 2.24) is 24.8 Å². The lowest BCUT2D eigenvalue weighted by Gasteiger charge is -2.47. The number of aromatic nitrogens is 3. The minimum absolute atomic E-state index is 0.00975. The predicted octanol–water partition coefficient (Wildman–Crippen LogP) is 5.92. The van der Waals surface area contributed by atoms with Crippen molar-refractivity contribution in [2.45, 2.75) is 62.4 Å². The van der Waals surface area contributed by atoms with Crippen LogP contribution in [0.1, 0.15) is 38.2 Å². The number of rotatable bonds is 4. The van der Waals surface area contributed by atoms with E-state index in [1.807, 2.05) is 11.8 Å². The molecule has 2 aromatic carbocycles. The van der Waals surface area contributed by atoms with Crippen molar-refractivity contribution in [3.63, 3.8) is 0 Å². The van der Waals surface area contributed by atoms with Crippen molar-refractivity contribution in [3.05, 3.63) is 71.8 Å². The Morgan fingerprint density at radius 1 is 1.14 bits per heavy atom. The summed E-state index contributed by atoms with van der Waals surface area (Å²) in [6.45, 7) is 12.4. The number of piperazine rings is 1. The molecule has 4 saturated heterocycles. The average Bonchev–Trinajstić information content (AvgIpc) is 3.64. The van der Waals surface area contributed by atoms with Crippen molar-refractivity contribution in [2.75, 3.05) is 31.1 Å². The minimum atomic E-state index is -0.980. The third-order valence-corrected chi connectivity index (χ3v) is 11.2. The van der Waals surface area contributed by atoms with Gasteiger partial charge in [0.25, 0.3) is 0 Å². The van der Waals surface area contributed by atoms with E-state index in [1.165, 1.54) is 17.0 Å². The maximum absolute atomic E-state index is 17.2. The van der Waals surface area contributed by atoms with Gasteiger partial charge in [0.05, 0.1) is 23.7 Å². The van der Waals surface area contributed by atoms with E-state index in [0.717, 1.165) is 37.1 Å². The Bertz CT molecular complexity index is 2220. The Hall–Kier alpha value is -5.28. The Labute approximate surface area is 287 Å². The summed E-state index contributed by atoms with van der Waals surface area (Å²) in [5.74, 6) is 1.80. The second-order valence-electron chi connectivity index (χ2n) is 14.3. The fraction of sp³-hybridized carbons (Fsp3) is 0.368. The van der Waals surface area contributed by atoms with Gasteiger partial charge in [-0.25, -0.2) is 18.6 Å². The Balaban J connectivity index is 1.25. The molecule has 1 amide bonds. The molecule has 254 valence electrons. The van der Waals surface area contributed by atoms with E-state index < -0.39 is 29.9 Å². The topological polar surface area (TPSA) is 104 Å². The molecule has 4 atom stereocenters. The second-order valence-corrected chi connectivity index (χ2v) is 14.3. The van der Waals surface area contributed by atoms with Gasteiger partial charge in [0.2, 0.25) is 5.88 Å². The van der Waals surface area contributed by atoms with Crippen molar-refractivity contribution >= 4 is 33.6 Å². The zero-order valence-electron chi connectivity index (χ0n) is 27.5. The zero-order chi connectivity index (χ0) is 34.6. The molecule has 4 aromatic rings. The largest absolute Gasteiger partial charge is 0.472 e. The summed E-state index contributed by atoms with van der Waals surface area (Å²) >= 11 is 0. The molecule has 0 radical (unpaired) electrons. The number of benzene rings is 2. The molecule has 4 unspecified atom stereocenters. The van der Waals surface area contributed by atoms with Crippen LogP contribution in [0.2, 0.25) is 0 Å². The number of ether oxygens (including phenoxy) is 2. The molecule has 0 saturated carbocycles. The fourth-order valence-corrected chi connectivity index (χ4v) is 9.31. The molecule has 50 heavy (non-hydrogen) atoms. The second kappa shape index (κ2) is 10.9.